The maximum absolute atomic E-state index is 11.0. The summed E-state index contributed by atoms with van der Waals surface area (Å²) in [5.74, 6) is -0.178. The van der Waals surface area contributed by atoms with Crippen molar-refractivity contribution in [3.8, 4) is 0 Å². The number of urea groups is 1. The van der Waals surface area contributed by atoms with Crippen LogP contribution in [0.1, 0.15) is 6.92 Å². The van der Waals surface area contributed by atoms with Crippen LogP contribution in [0.15, 0.2) is 4.99 Å². The van der Waals surface area contributed by atoms with Crippen molar-refractivity contribution >= 4 is 17.9 Å². The Morgan fingerprint density at radius 2 is 2.50 bits per heavy atom. The van der Waals surface area contributed by atoms with E-state index in [4.69, 9.17) is 5.73 Å². The number of nitrogens with zero attached hydrogens (tertiary/aromatic N) is 1. The van der Waals surface area contributed by atoms with E-state index in [0.717, 1.165) is 0 Å². The molecule has 1 unspecified atom stereocenters. The van der Waals surface area contributed by atoms with Gasteiger partial charge < -0.3 is 5.73 Å². The first-order valence-electron chi connectivity index (χ1n) is 3.51. The fraction of sp³-hybridized carbons (Fsp3) is 0.500. The zero-order valence-corrected chi connectivity index (χ0v) is 6.63. The number of aliphatic imine (C=N–C) groups is 1. The summed E-state index contributed by atoms with van der Waals surface area (Å²) in [6.45, 7) is 2.13. The highest BCUT2D eigenvalue weighted by atomic mass is 16.2. The van der Waals surface area contributed by atoms with Crippen LogP contribution in [0.2, 0.25) is 0 Å². The Morgan fingerprint density at radius 3 is 3.00 bits per heavy atom. The molecule has 1 heterocycles. The van der Waals surface area contributed by atoms with Gasteiger partial charge in [0, 0.05) is 0 Å². The molecule has 1 atom stereocenters. The molecule has 6 heteroatoms. The van der Waals surface area contributed by atoms with Crippen molar-refractivity contribution in [2.75, 3.05) is 6.54 Å². The first-order chi connectivity index (χ1) is 5.59. The molecule has 3 amide bonds. The molecule has 0 radical (unpaired) electrons. The van der Waals surface area contributed by atoms with Crippen molar-refractivity contribution in [1.82, 2.24) is 10.6 Å². The van der Waals surface area contributed by atoms with Gasteiger partial charge in [0.25, 0.3) is 0 Å². The third kappa shape index (κ3) is 1.94. The van der Waals surface area contributed by atoms with Crippen LogP contribution < -0.4 is 16.4 Å². The van der Waals surface area contributed by atoms with Crippen LogP contribution in [0.4, 0.5) is 4.79 Å². The van der Waals surface area contributed by atoms with E-state index in [9.17, 15) is 9.59 Å². The van der Waals surface area contributed by atoms with E-state index in [-0.39, 0.29) is 17.8 Å². The van der Waals surface area contributed by atoms with E-state index in [1.165, 1.54) is 0 Å². The quantitative estimate of drug-likeness (QED) is 0.424. The SMILES string of the molecule is CC1CN=C(NC(N)=O)NC1=O. The summed E-state index contributed by atoms with van der Waals surface area (Å²) in [6.07, 6.45) is 0. The van der Waals surface area contributed by atoms with Crippen LogP contribution in [-0.4, -0.2) is 24.4 Å². The van der Waals surface area contributed by atoms with E-state index in [1.54, 1.807) is 6.92 Å². The second kappa shape index (κ2) is 3.21. The Kier molecular flexibility index (Phi) is 2.27. The zero-order valence-electron chi connectivity index (χ0n) is 6.63. The molecule has 0 aromatic rings. The van der Waals surface area contributed by atoms with Crippen molar-refractivity contribution in [3.63, 3.8) is 0 Å². The molecule has 0 aromatic carbocycles. The van der Waals surface area contributed by atoms with Crippen molar-refractivity contribution in [3.05, 3.63) is 0 Å². The number of amides is 3. The summed E-state index contributed by atoms with van der Waals surface area (Å²) in [5, 5.41) is 4.59. The molecular formula is C6H10N4O2. The number of carbonyl (C=O) groups excluding carboxylic acids is 2. The maximum Gasteiger partial charge on any atom is 0.318 e. The fourth-order valence-corrected chi connectivity index (χ4v) is 0.778. The molecule has 1 aliphatic rings. The first-order valence-corrected chi connectivity index (χ1v) is 3.51. The molecule has 12 heavy (non-hydrogen) atoms. The van der Waals surface area contributed by atoms with Gasteiger partial charge in [0.05, 0.1) is 12.5 Å². The van der Waals surface area contributed by atoms with E-state index in [0.29, 0.717) is 6.54 Å². The highest BCUT2D eigenvalue weighted by Crippen LogP contribution is 1.99. The topological polar surface area (TPSA) is 96.6 Å². The van der Waals surface area contributed by atoms with E-state index >= 15 is 0 Å². The highest BCUT2D eigenvalue weighted by Gasteiger charge is 2.19. The van der Waals surface area contributed by atoms with E-state index < -0.39 is 6.03 Å². The van der Waals surface area contributed by atoms with Crippen LogP contribution in [0.3, 0.4) is 0 Å². The largest absolute Gasteiger partial charge is 0.351 e. The number of carbonyl (C=O) groups is 2. The molecule has 0 saturated heterocycles. The molecule has 66 valence electrons. The third-order valence-corrected chi connectivity index (χ3v) is 1.45. The van der Waals surface area contributed by atoms with Crippen LogP contribution in [-0.2, 0) is 4.79 Å². The van der Waals surface area contributed by atoms with Crippen molar-refractivity contribution in [2.24, 2.45) is 16.6 Å². The summed E-state index contributed by atoms with van der Waals surface area (Å²) >= 11 is 0. The third-order valence-electron chi connectivity index (χ3n) is 1.45. The normalized spacial score (nSPS) is 22.6. The molecular weight excluding hydrogens is 160 g/mol. The monoisotopic (exact) mass is 170 g/mol. The minimum absolute atomic E-state index is 0.130. The van der Waals surface area contributed by atoms with E-state index in [2.05, 4.69) is 15.6 Å². The van der Waals surface area contributed by atoms with Crippen molar-refractivity contribution in [1.29, 1.82) is 0 Å². The van der Waals surface area contributed by atoms with E-state index in [1.807, 2.05) is 0 Å². The van der Waals surface area contributed by atoms with Gasteiger partial charge in [-0.25, -0.2) is 4.79 Å². The van der Waals surface area contributed by atoms with Crippen LogP contribution >= 0.6 is 0 Å². The van der Waals surface area contributed by atoms with Gasteiger partial charge in [-0.2, -0.15) is 0 Å². The predicted octanol–water partition coefficient (Wildman–Crippen LogP) is -1.22. The Balaban J connectivity index is 2.58. The lowest BCUT2D eigenvalue weighted by molar-refractivity contribution is -0.123. The van der Waals surface area contributed by atoms with Crippen LogP contribution in [0.5, 0.6) is 0 Å². The lowest BCUT2D eigenvalue weighted by Gasteiger charge is -2.17. The average molecular weight is 170 g/mol. The van der Waals surface area contributed by atoms with Crippen molar-refractivity contribution < 1.29 is 9.59 Å². The molecule has 4 N–H and O–H groups in total. The van der Waals surface area contributed by atoms with Gasteiger partial charge in [0.2, 0.25) is 11.9 Å². The van der Waals surface area contributed by atoms with Gasteiger partial charge in [-0.15, -0.1) is 0 Å². The minimum atomic E-state index is -0.733. The smallest absolute Gasteiger partial charge is 0.318 e. The van der Waals surface area contributed by atoms with Crippen LogP contribution in [0, 0.1) is 5.92 Å². The first kappa shape index (κ1) is 8.51. The number of hydrogen-bond acceptors (Lipinski definition) is 3. The summed E-state index contributed by atoms with van der Waals surface area (Å²) in [4.78, 5) is 25.2. The molecule has 0 spiro atoms. The standard InChI is InChI=1S/C6H10N4O2/c1-3-2-8-6(9-4(3)11)10-5(7)12/h3H,2H2,1H3,(H4,7,8,9,10,11,12). The predicted molar refractivity (Wildman–Crippen MR) is 42.3 cm³/mol. The Bertz CT molecular complexity index is 248. The molecule has 0 aliphatic carbocycles. The summed E-state index contributed by atoms with van der Waals surface area (Å²) < 4.78 is 0. The molecule has 0 saturated carbocycles. The van der Waals surface area contributed by atoms with Gasteiger partial charge >= 0.3 is 6.03 Å². The number of primary amides is 1. The summed E-state index contributed by atoms with van der Waals surface area (Å²) in [6, 6.07) is -0.733. The lowest BCUT2D eigenvalue weighted by Crippen LogP contribution is -2.50. The molecule has 0 aromatic heterocycles. The van der Waals surface area contributed by atoms with Crippen molar-refractivity contribution in [2.45, 2.75) is 6.92 Å². The molecule has 1 aliphatic heterocycles. The van der Waals surface area contributed by atoms with Gasteiger partial charge in [-0.3, -0.25) is 20.4 Å². The van der Waals surface area contributed by atoms with Gasteiger partial charge in [-0.05, 0) is 0 Å². The Hall–Kier alpha value is -1.59. The molecule has 0 bridgehead atoms. The maximum atomic E-state index is 11.0. The zero-order chi connectivity index (χ0) is 9.14. The number of nitrogens with two attached hydrogens (primary N) is 1. The average Bonchev–Trinajstić information content (AvgIpc) is 1.96. The number of hydrogen-bond donors (Lipinski definition) is 3. The second-order valence-electron chi connectivity index (χ2n) is 2.57. The molecule has 6 nitrogen and oxygen atoms in total. The fourth-order valence-electron chi connectivity index (χ4n) is 0.778. The minimum Gasteiger partial charge on any atom is -0.351 e. The molecule has 0 fully saturated rings. The molecule has 1 rings (SSSR count). The number of guanidine groups is 1. The number of nitrogens with one attached hydrogen (secondary N) is 2. The summed E-state index contributed by atoms with van der Waals surface area (Å²) in [7, 11) is 0. The van der Waals surface area contributed by atoms with Gasteiger partial charge in [0.15, 0.2) is 0 Å². The second-order valence-corrected chi connectivity index (χ2v) is 2.57. The van der Waals surface area contributed by atoms with Crippen LogP contribution in [0.25, 0.3) is 0 Å². The van der Waals surface area contributed by atoms with Gasteiger partial charge in [0.1, 0.15) is 0 Å². The van der Waals surface area contributed by atoms with Gasteiger partial charge in [-0.1, -0.05) is 6.92 Å². The Labute approximate surface area is 69.2 Å². The number of rotatable bonds is 0. The Morgan fingerprint density at radius 1 is 1.83 bits per heavy atom. The summed E-state index contributed by atoms with van der Waals surface area (Å²) in [5.41, 5.74) is 4.82. The lowest BCUT2D eigenvalue weighted by atomic mass is 10.1. The highest BCUT2D eigenvalue weighted by molar-refractivity contribution is 6.05.